The SMILES string of the molecule is O=C1COc2ccc(C(=O)N3CCC(c4cccc(Cl)c4)C3)cc2N1. The van der Waals surface area contributed by atoms with Crippen molar-refractivity contribution < 1.29 is 14.3 Å². The van der Waals surface area contributed by atoms with E-state index in [-0.39, 0.29) is 18.4 Å². The summed E-state index contributed by atoms with van der Waals surface area (Å²) in [5, 5.41) is 3.45. The summed E-state index contributed by atoms with van der Waals surface area (Å²) < 4.78 is 5.33. The van der Waals surface area contributed by atoms with Crippen molar-refractivity contribution in [3.05, 3.63) is 58.6 Å². The van der Waals surface area contributed by atoms with Crippen LogP contribution in [0.1, 0.15) is 28.3 Å². The van der Waals surface area contributed by atoms with Crippen molar-refractivity contribution >= 4 is 29.1 Å². The topological polar surface area (TPSA) is 58.6 Å². The molecule has 1 saturated heterocycles. The van der Waals surface area contributed by atoms with Crippen LogP contribution in [0.5, 0.6) is 5.75 Å². The number of likely N-dealkylation sites (tertiary alicyclic amines) is 1. The first-order valence-corrected chi connectivity index (χ1v) is 8.59. The second-order valence-corrected chi connectivity index (χ2v) is 6.78. The lowest BCUT2D eigenvalue weighted by Crippen LogP contribution is -2.29. The van der Waals surface area contributed by atoms with E-state index in [1.165, 1.54) is 0 Å². The summed E-state index contributed by atoms with van der Waals surface area (Å²) in [6.07, 6.45) is 0.914. The zero-order chi connectivity index (χ0) is 17.4. The molecule has 0 saturated carbocycles. The Bertz CT molecular complexity index is 852. The summed E-state index contributed by atoms with van der Waals surface area (Å²) in [6.45, 7) is 1.38. The standard InChI is InChI=1S/C19H17ClN2O3/c20-15-3-1-2-12(8-15)14-6-7-22(10-14)19(24)13-4-5-17-16(9-13)21-18(23)11-25-17/h1-5,8-9,14H,6-7,10-11H2,(H,21,23). The number of halogens is 1. The maximum absolute atomic E-state index is 12.8. The number of benzene rings is 2. The van der Waals surface area contributed by atoms with Crippen molar-refractivity contribution in [2.24, 2.45) is 0 Å². The number of anilines is 1. The number of ether oxygens (including phenoxy) is 1. The number of hydrogen-bond acceptors (Lipinski definition) is 3. The van der Waals surface area contributed by atoms with Crippen LogP contribution in [-0.2, 0) is 4.79 Å². The molecule has 1 unspecified atom stereocenters. The highest BCUT2D eigenvalue weighted by Crippen LogP contribution is 2.32. The van der Waals surface area contributed by atoms with E-state index in [9.17, 15) is 9.59 Å². The number of carbonyl (C=O) groups excluding carboxylic acids is 2. The van der Waals surface area contributed by atoms with E-state index in [2.05, 4.69) is 11.4 Å². The molecule has 4 rings (SSSR count). The Kier molecular flexibility index (Phi) is 4.09. The maximum atomic E-state index is 12.8. The van der Waals surface area contributed by atoms with Crippen LogP contribution in [0.2, 0.25) is 5.02 Å². The normalized spacial score (nSPS) is 19.2. The van der Waals surface area contributed by atoms with E-state index in [4.69, 9.17) is 16.3 Å². The summed E-state index contributed by atoms with van der Waals surface area (Å²) in [6, 6.07) is 13.0. The lowest BCUT2D eigenvalue weighted by atomic mass is 9.99. The molecule has 0 aliphatic carbocycles. The molecule has 2 aliphatic heterocycles. The highest BCUT2D eigenvalue weighted by Gasteiger charge is 2.29. The molecular weight excluding hydrogens is 340 g/mol. The molecule has 0 bridgehead atoms. The smallest absolute Gasteiger partial charge is 0.262 e. The van der Waals surface area contributed by atoms with Crippen LogP contribution < -0.4 is 10.1 Å². The van der Waals surface area contributed by atoms with Gasteiger partial charge in [-0.05, 0) is 42.3 Å². The van der Waals surface area contributed by atoms with Crippen molar-refractivity contribution in [3.63, 3.8) is 0 Å². The number of amides is 2. The predicted octanol–water partition coefficient (Wildman–Crippen LogP) is 3.30. The average molecular weight is 357 g/mol. The second-order valence-electron chi connectivity index (χ2n) is 6.34. The second kappa shape index (κ2) is 6.41. The molecule has 25 heavy (non-hydrogen) atoms. The number of carbonyl (C=O) groups is 2. The van der Waals surface area contributed by atoms with E-state index in [1.807, 2.05) is 23.1 Å². The van der Waals surface area contributed by atoms with Crippen molar-refractivity contribution in [2.75, 3.05) is 25.0 Å². The van der Waals surface area contributed by atoms with Crippen LogP contribution in [0.4, 0.5) is 5.69 Å². The van der Waals surface area contributed by atoms with Gasteiger partial charge in [-0.25, -0.2) is 0 Å². The lowest BCUT2D eigenvalue weighted by Gasteiger charge is -2.20. The van der Waals surface area contributed by atoms with Crippen LogP contribution in [0.15, 0.2) is 42.5 Å². The van der Waals surface area contributed by atoms with Crippen molar-refractivity contribution in [1.82, 2.24) is 4.90 Å². The van der Waals surface area contributed by atoms with Crippen molar-refractivity contribution in [1.29, 1.82) is 0 Å². The summed E-state index contributed by atoms with van der Waals surface area (Å²) in [5.41, 5.74) is 2.26. The summed E-state index contributed by atoms with van der Waals surface area (Å²) in [5.74, 6) is 0.643. The number of nitrogens with one attached hydrogen (secondary N) is 1. The van der Waals surface area contributed by atoms with E-state index >= 15 is 0 Å². The van der Waals surface area contributed by atoms with Crippen LogP contribution in [0, 0.1) is 0 Å². The first-order chi connectivity index (χ1) is 12.1. The fraction of sp³-hybridized carbons (Fsp3) is 0.263. The minimum absolute atomic E-state index is 0.00767. The average Bonchev–Trinajstić information content (AvgIpc) is 3.10. The molecule has 2 aliphatic rings. The molecule has 0 radical (unpaired) electrons. The minimum atomic E-state index is -0.209. The van der Waals surface area contributed by atoms with Crippen molar-refractivity contribution in [2.45, 2.75) is 12.3 Å². The fourth-order valence-corrected chi connectivity index (χ4v) is 3.57. The van der Waals surface area contributed by atoms with Gasteiger partial charge in [0.15, 0.2) is 6.61 Å². The highest BCUT2D eigenvalue weighted by atomic mass is 35.5. The van der Waals surface area contributed by atoms with Crippen LogP contribution in [0.25, 0.3) is 0 Å². The molecule has 5 nitrogen and oxygen atoms in total. The monoisotopic (exact) mass is 356 g/mol. The molecule has 2 aromatic carbocycles. The predicted molar refractivity (Wildman–Crippen MR) is 95.3 cm³/mol. The van der Waals surface area contributed by atoms with Gasteiger partial charge < -0.3 is 15.0 Å². The zero-order valence-electron chi connectivity index (χ0n) is 13.5. The molecule has 2 amide bonds. The van der Waals surface area contributed by atoms with Crippen molar-refractivity contribution in [3.8, 4) is 5.75 Å². The van der Waals surface area contributed by atoms with Gasteiger partial charge in [-0.1, -0.05) is 23.7 Å². The van der Waals surface area contributed by atoms with Crippen LogP contribution in [0.3, 0.4) is 0 Å². The first-order valence-electron chi connectivity index (χ1n) is 8.21. The van der Waals surface area contributed by atoms with Gasteiger partial charge in [0.1, 0.15) is 5.75 Å². The number of fused-ring (bicyclic) bond motifs is 1. The lowest BCUT2D eigenvalue weighted by molar-refractivity contribution is -0.118. The highest BCUT2D eigenvalue weighted by molar-refractivity contribution is 6.30. The molecule has 6 heteroatoms. The Morgan fingerprint density at radius 1 is 1.24 bits per heavy atom. The Labute approximate surface area is 150 Å². The number of rotatable bonds is 2. The summed E-state index contributed by atoms with van der Waals surface area (Å²) in [7, 11) is 0. The number of hydrogen-bond donors (Lipinski definition) is 1. The summed E-state index contributed by atoms with van der Waals surface area (Å²) in [4.78, 5) is 26.1. The molecule has 128 valence electrons. The minimum Gasteiger partial charge on any atom is -0.482 e. The van der Waals surface area contributed by atoms with Gasteiger partial charge in [0.05, 0.1) is 5.69 Å². The van der Waals surface area contributed by atoms with Crippen LogP contribution in [-0.4, -0.2) is 36.4 Å². The Balaban J connectivity index is 1.50. The molecule has 1 atom stereocenters. The maximum Gasteiger partial charge on any atom is 0.262 e. The van der Waals surface area contributed by atoms with Crippen LogP contribution >= 0.6 is 11.6 Å². The van der Waals surface area contributed by atoms with Gasteiger partial charge in [0.25, 0.3) is 11.8 Å². The van der Waals surface area contributed by atoms with E-state index < -0.39 is 0 Å². The Morgan fingerprint density at radius 2 is 2.12 bits per heavy atom. The van der Waals surface area contributed by atoms with E-state index in [0.29, 0.717) is 41.0 Å². The van der Waals surface area contributed by atoms with Gasteiger partial charge >= 0.3 is 0 Å². The van der Waals surface area contributed by atoms with Gasteiger partial charge in [0, 0.05) is 29.6 Å². The Morgan fingerprint density at radius 3 is 2.96 bits per heavy atom. The molecule has 0 spiro atoms. The summed E-state index contributed by atoms with van der Waals surface area (Å²) >= 11 is 6.07. The molecule has 1 fully saturated rings. The number of nitrogens with zero attached hydrogens (tertiary/aromatic N) is 1. The fourth-order valence-electron chi connectivity index (χ4n) is 3.38. The van der Waals surface area contributed by atoms with Gasteiger partial charge in [-0.2, -0.15) is 0 Å². The molecule has 2 heterocycles. The first kappa shape index (κ1) is 16.0. The largest absolute Gasteiger partial charge is 0.482 e. The third-order valence-corrected chi connectivity index (χ3v) is 4.89. The molecular formula is C19H17ClN2O3. The molecule has 2 aromatic rings. The van der Waals surface area contributed by atoms with Gasteiger partial charge in [-0.3, -0.25) is 9.59 Å². The van der Waals surface area contributed by atoms with Gasteiger partial charge in [0.2, 0.25) is 0 Å². The van der Waals surface area contributed by atoms with E-state index in [0.717, 1.165) is 12.0 Å². The third-order valence-electron chi connectivity index (χ3n) is 4.65. The molecule has 0 aromatic heterocycles. The Hall–Kier alpha value is -2.53. The quantitative estimate of drug-likeness (QED) is 0.898. The zero-order valence-corrected chi connectivity index (χ0v) is 14.3. The molecule has 1 N–H and O–H groups in total. The van der Waals surface area contributed by atoms with Gasteiger partial charge in [-0.15, -0.1) is 0 Å². The van der Waals surface area contributed by atoms with E-state index in [1.54, 1.807) is 18.2 Å². The third kappa shape index (κ3) is 3.20.